The molecule has 0 saturated carbocycles. The van der Waals surface area contributed by atoms with E-state index in [1.807, 2.05) is 6.92 Å². The van der Waals surface area contributed by atoms with Gasteiger partial charge in [-0.15, -0.1) is 10.1 Å². The Balaban J connectivity index is 2.91. The Kier molecular flexibility index (Phi) is 9.55. The second kappa shape index (κ2) is 11.6. The fourth-order valence-corrected chi connectivity index (χ4v) is 2.31. The highest BCUT2D eigenvalue weighted by molar-refractivity contribution is 6.00. The lowest BCUT2D eigenvalue weighted by molar-refractivity contribution is -0.777. The van der Waals surface area contributed by atoms with Crippen molar-refractivity contribution in [2.75, 3.05) is 19.8 Å². The van der Waals surface area contributed by atoms with Gasteiger partial charge in [0.05, 0.1) is 31.8 Å². The number of carbonyl (C=O) groups is 2. The Morgan fingerprint density at radius 3 is 2.04 bits per heavy atom. The summed E-state index contributed by atoms with van der Waals surface area (Å²) in [5.74, 6) is 0.00273. The molecule has 0 aliphatic heterocycles. The van der Waals surface area contributed by atoms with Gasteiger partial charge < -0.3 is 18.9 Å². The molecule has 10 heteroatoms. The quantitative estimate of drug-likeness (QED) is 0.162. The summed E-state index contributed by atoms with van der Waals surface area (Å²) in [7, 11) is 0. The van der Waals surface area contributed by atoms with Crippen molar-refractivity contribution in [1.29, 1.82) is 0 Å². The van der Waals surface area contributed by atoms with Crippen LogP contribution in [0.5, 0.6) is 17.2 Å². The minimum absolute atomic E-state index is 0.177. The van der Waals surface area contributed by atoms with Crippen LogP contribution in [0.15, 0.2) is 12.1 Å². The third kappa shape index (κ3) is 7.29. The molecule has 28 heavy (non-hydrogen) atoms. The second-order valence-corrected chi connectivity index (χ2v) is 5.40. The number of nitrogens with zero attached hydrogens (tertiary/aromatic N) is 1. The van der Waals surface area contributed by atoms with Crippen LogP contribution < -0.4 is 14.2 Å². The van der Waals surface area contributed by atoms with Crippen molar-refractivity contribution < 1.29 is 38.5 Å². The number of Topliss-reactive ketones (excluding diaryl/α,β-unsaturated/α-hetero) is 1. The van der Waals surface area contributed by atoms with E-state index in [2.05, 4.69) is 4.84 Å². The first-order valence-corrected chi connectivity index (χ1v) is 8.92. The van der Waals surface area contributed by atoms with Crippen LogP contribution in [-0.2, 0) is 14.4 Å². The first-order chi connectivity index (χ1) is 13.3. The molecule has 156 valence electrons. The summed E-state index contributed by atoms with van der Waals surface area (Å²) in [6.45, 7) is 7.73. The SMILES string of the molecule is CCOc1cc(OCC)c(C(=O)CCC(=O)OC(C)O[N+](=O)[O-])cc1OCC. The van der Waals surface area contributed by atoms with E-state index in [1.54, 1.807) is 19.9 Å². The number of carbonyl (C=O) groups excluding carboxylic acids is 2. The molecule has 0 spiro atoms. The normalized spacial score (nSPS) is 11.3. The Morgan fingerprint density at radius 2 is 1.50 bits per heavy atom. The molecular weight excluding hydrogens is 374 g/mol. The fraction of sp³-hybridized carbons (Fsp3) is 0.556. The van der Waals surface area contributed by atoms with E-state index >= 15 is 0 Å². The minimum Gasteiger partial charge on any atom is -0.493 e. The lowest BCUT2D eigenvalue weighted by Crippen LogP contribution is -2.21. The van der Waals surface area contributed by atoms with Gasteiger partial charge in [-0.2, -0.15) is 0 Å². The van der Waals surface area contributed by atoms with Crippen molar-refractivity contribution in [3.63, 3.8) is 0 Å². The molecule has 0 bridgehead atoms. The maximum atomic E-state index is 12.6. The Labute approximate surface area is 162 Å². The summed E-state index contributed by atoms with van der Waals surface area (Å²) < 4.78 is 21.3. The van der Waals surface area contributed by atoms with Crippen molar-refractivity contribution in [3.05, 3.63) is 27.8 Å². The van der Waals surface area contributed by atoms with Crippen LogP contribution in [0, 0.1) is 10.1 Å². The van der Waals surface area contributed by atoms with Crippen molar-refractivity contribution >= 4 is 11.8 Å². The van der Waals surface area contributed by atoms with Gasteiger partial charge in [0.1, 0.15) is 5.75 Å². The maximum absolute atomic E-state index is 12.6. The molecule has 1 aromatic rings. The highest BCUT2D eigenvalue weighted by atomic mass is 17.0. The van der Waals surface area contributed by atoms with E-state index in [0.29, 0.717) is 37.1 Å². The van der Waals surface area contributed by atoms with Crippen LogP contribution in [0.1, 0.15) is 50.9 Å². The number of esters is 1. The number of hydrogen-bond donors (Lipinski definition) is 0. The highest BCUT2D eigenvalue weighted by Gasteiger charge is 2.20. The molecule has 0 aliphatic rings. The van der Waals surface area contributed by atoms with Crippen LogP contribution in [0.3, 0.4) is 0 Å². The van der Waals surface area contributed by atoms with Crippen LogP contribution >= 0.6 is 0 Å². The third-order valence-corrected chi connectivity index (χ3v) is 3.33. The molecule has 0 saturated heterocycles. The minimum atomic E-state index is -1.35. The topological polar surface area (TPSA) is 123 Å². The van der Waals surface area contributed by atoms with E-state index < -0.39 is 17.3 Å². The second-order valence-electron chi connectivity index (χ2n) is 5.40. The van der Waals surface area contributed by atoms with E-state index in [4.69, 9.17) is 18.9 Å². The predicted molar refractivity (Wildman–Crippen MR) is 97.1 cm³/mol. The van der Waals surface area contributed by atoms with Crippen LogP contribution in [0.25, 0.3) is 0 Å². The van der Waals surface area contributed by atoms with Gasteiger partial charge in [0, 0.05) is 12.5 Å². The molecular formula is C18H25NO9. The monoisotopic (exact) mass is 399 g/mol. The molecule has 10 nitrogen and oxygen atoms in total. The molecule has 1 unspecified atom stereocenters. The number of ketones is 1. The van der Waals surface area contributed by atoms with E-state index in [-0.39, 0.29) is 24.2 Å². The Hall–Kier alpha value is -3.04. The molecule has 0 fully saturated rings. The van der Waals surface area contributed by atoms with Gasteiger partial charge in [-0.1, -0.05) is 0 Å². The summed E-state index contributed by atoms with van der Waals surface area (Å²) in [4.78, 5) is 38.6. The van der Waals surface area contributed by atoms with Crippen molar-refractivity contribution in [2.24, 2.45) is 0 Å². The maximum Gasteiger partial charge on any atom is 0.308 e. The van der Waals surface area contributed by atoms with Crippen LogP contribution in [-0.4, -0.2) is 42.9 Å². The zero-order valence-electron chi connectivity index (χ0n) is 16.4. The summed E-state index contributed by atoms with van der Waals surface area (Å²) in [5, 5.41) is 9.14. The zero-order chi connectivity index (χ0) is 21.1. The summed E-state index contributed by atoms with van der Waals surface area (Å²) in [6, 6.07) is 3.10. The summed E-state index contributed by atoms with van der Waals surface area (Å²) in [5.41, 5.74) is 0.246. The largest absolute Gasteiger partial charge is 0.493 e. The molecule has 0 amide bonds. The molecule has 0 radical (unpaired) electrons. The van der Waals surface area contributed by atoms with Crippen molar-refractivity contribution in [3.8, 4) is 17.2 Å². The molecule has 1 atom stereocenters. The molecule has 0 aliphatic carbocycles. The predicted octanol–water partition coefficient (Wildman–Crippen LogP) is 2.94. The fourth-order valence-electron chi connectivity index (χ4n) is 2.31. The molecule has 0 N–H and O–H groups in total. The first-order valence-electron chi connectivity index (χ1n) is 8.92. The van der Waals surface area contributed by atoms with Crippen molar-refractivity contribution in [1.82, 2.24) is 0 Å². The van der Waals surface area contributed by atoms with Crippen LogP contribution in [0.4, 0.5) is 0 Å². The van der Waals surface area contributed by atoms with Gasteiger partial charge in [-0.3, -0.25) is 14.4 Å². The molecule has 0 aromatic heterocycles. The molecule has 1 aromatic carbocycles. The van der Waals surface area contributed by atoms with E-state index in [1.165, 1.54) is 13.0 Å². The lowest BCUT2D eigenvalue weighted by atomic mass is 10.0. The zero-order valence-corrected chi connectivity index (χ0v) is 16.4. The Morgan fingerprint density at radius 1 is 0.964 bits per heavy atom. The first kappa shape index (κ1) is 23.0. The summed E-state index contributed by atoms with van der Waals surface area (Å²) >= 11 is 0. The van der Waals surface area contributed by atoms with Gasteiger partial charge in [-0.05, 0) is 33.8 Å². The smallest absolute Gasteiger partial charge is 0.308 e. The van der Waals surface area contributed by atoms with Gasteiger partial charge in [0.25, 0.3) is 5.09 Å². The average molecular weight is 399 g/mol. The molecule has 1 rings (SSSR count). The number of ether oxygens (including phenoxy) is 4. The number of benzene rings is 1. The lowest BCUT2D eigenvalue weighted by Gasteiger charge is -2.16. The summed E-state index contributed by atoms with van der Waals surface area (Å²) in [6.07, 6.45) is -1.80. The molecule has 0 heterocycles. The average Bonchev–Trinajstić information content (AvgIpc) is 2.61. The van der Waals surface area contributed by atoms with E-state index in [9.17, 15) is 19.7 Å². The van der Waals surface area contributed by atoms with Gasteiger partial charge in [0.15, 0.2) is 17.3 Å². The van der Waals surface area contributed by atoms with Crippen molar-refractivity contribution in [2.45, 2.75) is 46.8 Å². The van der Waals surface area contributed by atoms with Gasteiger partial charge in [0.2, 0.25) is 6.29 Å². The number of hydrogen-bond acceptors (Lipinski definition) is 9. The van der Waals surface area contributed by atoms with Crippen LogP contribution in [0.2, 0.25) is 0 Å². The van der Waals surface area contributed by atoms with Gasteiger partial charge in [-0.25, -0.2) is 0 Å². The standard InChI is InChI=1S/C18H25NO9/c1-5-24-15-11-17(26-7-3)16(25-6-2)10-13(15)14(20)8-9-18(21)27-12(4)28-19(22)23/h10-12H,5-9H2,1-4H3. The Bertz CT molecular complexity index is 690. The number of rotatable bonds is 13. The third-order valence-electron chi connectivity index (χ3n) is 3.33. The van der Waals surface area contributed by atoms with Gasteiger partial charge >= 0.3 is 5.97 Å². The highest BCUT2D eigenvalue weighted by Crippen LogP contribution is 2.36. The van der Waals surface area contributed by atoms with E-state index in [0.717, 1.165) is 0 Å².